The summed E-state index contributed by atoms with van der Waals surface area (Å²) in [5.41, 5.74) is 1.48. The number of urea groups is 1. The Kier molecular flexibility index (Phi) is 5.58. The fourth-order valence-corrected chi connectivity index (χ4v) is 2.78. The molecular weight excluding hydrogens is 325 g/mol. The van der Waals surface area contributed by atoms with Crippen LogP contribution in [0.15, 0.2) is 18.2 Å². The summed E-state index contributed by atoms with van der Waals surface area (Å²) in [4.78, 5) is 13.7. The Morgan fingerprint density at radius 3 is 2.54 bits per heavy atom. The maximum Gasteiger partial charge on any atom is 0.414 e. The highest BCUT2D eigenvalue weighted by Crippen LogP contribution is 2.32. The molecule has 8 heteroatoms. The number of aliphatic hydroxyl groups excluding tert-OH is 1. The lowest BCUT2D eigenvalue weighted by molar-refractivity contribution is -0.222. The SMILES string of the molecule is COc1cc(C)ccc1NC(=O)N1CCC(C(O)C(F)(F)F)CC1. The fraction of sp³-hybridized carbons (Fsp3) is 0.562. The van der Waals surface area contributed by atoms with Gasteiger partial charge in [0.05, 0.1) is 12.8 Å². The van der Waals surface area contributed by atoms with E-state index in [-0.39, 0.29) is 25.9 Å². The van der Waals surface area contributed by atoms with Gasteiger partial charge in [-0.3, -0.25) is 0 Å². The Bertz CT molecular complexity index is 584. The van der Waals surface area contributed by atoms with Gasteiger partial charge in [0.15, 0.2) is 6.10 Å². The van der Waals surface area contributed by atoms with E-state index in [1.165, 1.54) is 12.0 Å². The van der Waals surface area contributed by atoms with Crippen molar-refractivity contribution in [2.24, 2.45) is 5.92 Å². The number of hydrogen-bond donors (Lipinski definition) is 2. The van der Waals surface area contributed by atoms with Gasteiger partial charge < -0.3 is 20.1 Å². The molecule has 5 nitrogen and oxygen atoms in total. The maximum absolute atomic E-state index is 12.5. The molecule has 0 saturated carbocycles. The van der Waals surface area contributed by atoms with Gasteiger partial charge in [-0.15, -0.1) is 0 Å². The van der Waals surface area contributed by atoms with Crippen LogP contribution in [0.25, 0.3) is 0 Å². The Morgan fingerprint density at radius 1 is 1.38 bits per heavy atom. The molecule has 1 aliphatic rings. The lowest BCUT2D eigenvalue weighted by Gasteiger charge is -2.34. The van der Waals surface area contributed by atoms with E-state index in [0.29, 0.717) is 11.4 Å². The van der Waals surface area contributed by atoms with E-state index in [9.17, 15) is 23.1 Å². The van der Waals surface area contributed by atoms with Gasteiger partial charge in [0, 0.05) is 13.1 Å². The first-order chi connectivity index (χ1) is 11.2. The van der Waals surface area contributed by atoms with E-state index in [1.807, 2.05) is 13.0 Å². The van der Waals surface area contributed by atoms with Crippen LogP contribution in [0.1, 0.15) is 18.4 Å². The van der Waals surface area contributed by atoms with Gasteiger partial charge in [-0.2, -0.15) is 13.2 Å². The molecule has 134 valence electrons. The zero-order chi connectivity index (χ0) is 17.9. The summed E-state index contributed by atoms with van der Waals surface area (Å²) in [6.07, 6.45) is -6.73. The highest BCUT2D eigenvalue weighted by atomic mass is 19.4. The number of hydrogen-bond acceptors (Lipinski definition) is 3. The summed E-state index contributed by atoms with van der Waals surface area (Å²) in [7, 11) is 1.49. The molecule has 1 atom stereocenters. The largest absolute Gasteiger partial charge is 0.495 e. The fourth-order valence-electron chi connectivity index (χ4n) is 2.78. The number of aryl methyl sites for hydroxylation is 1. The van der Waals surface area contributed by atoms with E-state index in [1.54, 1.807) is 12.1 Å². The third kappa shape index (κ3) is 4.31. The van der Waals surface area contributed by atoms with Crippen molar-refractivity contribution in [3.8, 4) is 5.75 Å². The first-order valence-electron chi connectivity index (χ1n) is 7.67. The van der Waals surface area contributed by atoms with E-state index >= 15 is 0 Å². The Hall–Kier alpha value is -1.96. The zero-order valence-corrected chi connectivity index (χ0v) is 13.6. The number of rotatable bonds is 3. The van der Waals surface area contributed by atoms with Crippen molar-refractivity contribution in [1.82, 2.24) is 4.90 Å². The maximum atomic E-state index is 12.5. The zero-order valence-electron chi connectivity index (χ0n) is 13.6. The number of benzene rings is 1. The molecular formula is C16H21F3N2O3. The standard InChI is InChI=1S/C16H21F3N2O3/c1-10-3-4-12(13(9-10)24-2)20-15(23)21-7-5-11(6-8-21)14(22)16(17,18)19/h3-4,9,11,14,22H,5-8H2,1-2H3,(H,20,23). The molecule has 2 amide bonds. The topological polar surface area (TPSA) is 61.8 Å². The number of carbonyl (C=O) groups is 1. The summed E-state index contributed by atoms with van der Waals surface area (Å²) >= 11 is 0. The van der Waals surface area contributed by atoms with Crippen molar-refractivity contribution >= 4 is 11.7 Å². The number of nitrogens with one attached hydrogen (secondary N) is 1. The van der Waals surface area contributed by atoms with Crippen molar-refractivity contribution in [3.63, 3.8) is 0 Å². The molecule has 1 aromatic rings. The monoisotopic (exact) mass is 346 g/mol. The van der Waals surface area contributed by atoms with Gasteiger partial charge in [0.1, 0.15) is 5.75 Å². The number of methoxy groups -OCH3 is 1. The Labute approximate surface area is 138 Å². The number of likely N-dealkylation sites (tertiary alicyclic amines) is 1. The third-order valence-electron chi connectivity index (χ3n) is 4.21. The number of halogens is 3. The number of carbonyl (C=O) groups excluding carboxylic acids is 1. The number of amides is 2. The third-order valence-corrected chi connectivity index (χ3v) is 4.21. The summed E-state index contributed by atoms with van der Waals surface area (Å²) in [5, 5.41) is 12.0. The minimum atomic E-state index is -4.62. The molecule has 24 heavy (non-hydrogen) atoms. The molecule has 1 saturated heterocycles. The van der Waals surface area contributed by atoms with Gasteiger partial charge in [0.2, 0.25) is 0 Å². The molecule has 1 aliphatic heterocycles. The lowest BCUT2D eigenvalue weighted by atomic mass is 9.91. The second-order valence-corrected chi connectivity index (χ2v) is 5.94. The average Bonchev–Trinajstić information content (AvgIpc) is 2.55. The predicted octanol–water partition coefficient (Wildman–Crippen LogP) is 3.17. The number of nitrogens with zero attached hydrogens (tertiary/aromatic N) is 1. The molecule has 0 spiro atoms. The number of aliphatic hydroxyl groups is 1. The van der Waals surface area contributed by atoms with Crippen molar-refractivity contribution < 1.29 is 27.8 Å². The first kappa shape index (κ1) is 18.4. The lowest BCUT2D eigenvalue weighted by Crippen LogP contribution is -2.46. The molecule has 0 aromatic heterocycles. The van der Waals surface area contributed by atoms with Crippen LogP contribution in [-0.4, -0.2) is 48.5 Å². The molecule has 1 fully saturated rings. The van der Waals surface area contributed by atoms with Crippen LogP contribution in [0.2, 0.25) is 0 Å². The highest BCUT2D eigenvalue weighted by Gasteiger charge is 2.44. The molecule has 0 bridgehead atoms. The quantitative estimate of drug-likeness (QED) is 0.884. The van der Waals surface area contributed by atoms with Gasteiger partial charge in [-0.1, -0.05) is 6.07 Å². The number of alkyl halides is 3. The van der Waals surface area contributed by atoms with Crippen LogP contribution in [0.4, 0.5) is 23.7 Å². The van der Waals surface area contributed by atoms with Crippen LogP contribution in [0.3, 0.4) is 0 Å². The van der Waals surface area contributed by atoms with Gasteiger partial charge >= 0.3 is 12.2 Å². The summed E-state index contributed by atoms with van der Waals surface area (Å²) in [6, 6.07) is 4.93. The molecule has 2 rings (SSSR count). The molecule has 1 aromatic carbocycles. The van der Waals surface area contributed by atoms with E-state index in [2.05, 4.69) is 5.32 Å². The van der Waals surface area contributed by atoms with E-state index in [4.69, 9.17) is 4.74 Å². The number of piperidine rings is 1. The molecule has 1 heterocycles. The van der Waals surface area contributed by atoms with Crippen molar-refractivity contribution in [1.29, 1.82) is 0 Å². The second kappa shape index (κ2) is 7.29. The predicted molar refractivity (Wildman–Crippen MR) is 83.1 cm³/mol. The Morgan fingerprint density at radius 2 is 2.00 bits per heavy atom. The summed E-state index contributed by atoms with van der Waals surface area (Å²) in [5.74, 6) is -0.353. The van der Waals surface area contributed by atoms with Gasteiger partial charge in [-0.25, -0.2) is 4.79 Å². The van der Waals surface area contributed by atoms with Crippen molar-refractivity contribution in [2.45, 2.75) is 32.0 Å². The van der Waals surface area contributed by atoms with Crippen LogP contribution in [0.5, 0.6) is 5.75 Å². The molecule has 2 N–H and O–H groups in total. The van der Waals surface area contributed by atoms with E-state index < -0.39 is 24.2 Å². The smallest absolute Gasteiger partial charge is 0.414 e. The molecule has 1 unspecified atom stereocenters. The first-order valence-corrected chi connectivity index (χ1v) is 7.67. The van der Waals surface area contributed by atoms with Gasteiger partial charge in [-0.05, 0) is 43.4 Å². The van der Waals surface area contributed by atoms with Crippen LogP contribution >= 0.6 is 0 Å². The minimum absolute atomic E-state index is 0.110. The number of anilines is 1. The average molecular weight is 346 g/mol. The summed E-state index contributed by atoms with van der Waals surface area (Å²) < 4.78 is 42.8. The van der Waals surface area contributed by atoms with Crippen LogP contribution in [-0.2, 0) is 0 Å². The van der Waals surface area contributed by atoms with Crippen molar-refractivity contribution in [3.05, 3.63) is 23.8 Å². The summed E-state index contributed by atoms with van der Waals surface area (Å²) in [6.45, 7) is 2.22. The Balaban J connectivity index is 1.94. The molecule has 0 radical (unpaired) electrons. The normalized spacial score (nSPS) is 17.5. The van der Waals surface area contributed by atoms with Crippen molar-refractivity contribution in [2.75, 3.05) is 25.5 Å². The molecule has 0 aliphatic carbocycles. The highest BCUT2D eigenvalue weighted by molar-refractivity contribution is 5.91. The minimum Gasteiger partial charge on any atom is -0.495 e. The number of ether oxygens (including phenoxy) is 1. The van der Waals surface area contributed by atoms with Gasteiger partial charge in [0.25, 0.3) is 0 Å². The van der Waals surface area contributed by atoms with E-state index in [0.717, 1.165) is 5.56 Å². The second-order valence-electron chi connectivity index (χ2n) is 5.94. The van der Waals surface area contributed by atoms with Crippen LogP contribution < -0.4 is 10.1 Å². The van der Waals surface area contributed by atoms with Crippen LogP contribution in [0, 0.1) is 12.8 Å².